The molecule has 1 aromatic rings. The summed E-state index contributed by atoms with van der Waals surface area (Å²) in [6.45, 7) is 11.6. The first-order chi connectivity index (χ1) is 9.99. The number of nitrogens with one attached hydrogen (secondary N) is 1. The van der Waals surface area contributed by atoms with Crippen molar-refractivity contribution in [1.29, 1.82) is 0 Å². The fourth-order valence-corrected chi connectivity index (χ4v) is 3.53. The molecule has 1 aliphatic rings. The van der Waals surface area contributed by atoms with Crippen molar-refractivity contribution in [2.75, 3.05) is 33.4 Å². The Kier molecular flexibility index (Phi) is 6.17. The molecule has 21 heavy (non-hydrogen) atoms. The maximum Gasteiger partial charge on any atom is 0.0982 e. The highest BCUT2D eigenvalue weighted by molar-refractivity contribution is 7.09. The number of thiazole rings is 1. The van der Waals surface area contributed by atoms with Crippen LogP contribution in [0.2, 0.25) is 0 Å². The van der Waals surface area contributed by atoms with Crippen LogP contribution in [0.1, 0.15) is 44.3 Å². The van der Waals surface area contributed by atoms with Gasteiger partial charge in [-0.2, -0.15) is 0 Å². The summed E-state index contributed by atoms with van der Waals surface area (Å²) in [5, 5.41) is 7.01. The first-order valence-corrected chi connectivity index (χ1v) is 8.76. The molecule has 1 N–H and O–H groups in total. The largest absolute Gasteiger partial charge is 0.383 e. The highest BCUT2D eigenvalue weighted by Gasteiger charge is 2.21. The van der Waals surface area contributed by atoms with E-state index in [2.05, 4.69) is 36.4 Å². The molecule has 0 amide bonds. The van der Waals surface area contributed by atoms with Crippen molar-refractivity contribution in [2.24, 2.45) is 0 Å². The molecule has 1 aliphatic heterocycles. The van der Waals surface area contributed by atoms with E-state index < -0.39 is 0 Å². The van der Waals surface area contributed by atoms with Crippen LogP contribution in [0.3, 0.4) is 0 Å². The van der Waals surface area contributed by atoms with Gasteiger partial charge in [-0.1, -0.05) is 20.8 Å². The summed E-state index contributed by atoms with van der Waals surface area (Å²) >= 11 is 1.78. The Morgan fingerprint density at radius 3 is 2.86 bits per heavy atom. The van der Waals surface area contributed by atoms with E-state index in [4.69, 9.17) is 9.72 Å². The molecular weight excluding hydrogens is 282 g/mol. The Hall–Kier alpha value is -0.490. The van der Waals surface area contributed by atoms with E-state index in [1.54, 1.807) is 18.4 Å². The Balaban J connectivity index is 1.94. The molecule has 0 radical (unpaired) electrons. The molecule has 0 bridgehead atoms. The SMILES string of the molecule is COCCN(Cc1csc(C(C)(C)C)n1)CC1CCCN1. The van der Waals surface area contributed by atoms with Gasteiger partial charge in [-0.3, -0.25) is 4.90 Å². The van der Waals surface area contributed by atoms with Crippen LogP contribution in [0.25, 0.3) is 0 Å². The van der Waals surface area contributed by atoms with E-state index in [9.17, 15) is 0 Å². The Labute approximate surface area is 132 Å². The number of aromatic nitrogens is 1. The van der Waals surface area contributed by atoms with Crippen molar-refractivity contribution < 1.29 is 4.74 Å². The van der Waals surface area contributed by atoms with E-state index in [0.29, 0.717) is 6.04 Å². The number of nitrogens with zero attached hydrogens (tertiary/aromatic N) is 2. The molecule has 120 valence electrons. The van der Waals surface area contributed by atoms with Crippen molar-refractivity contribution in [1.82, 2.24) is 15.2 Å². The normalized spacial score (nSPS) is 19.6. The van der Waals surface area contributed by atoms with Gasteiger partial charge in [-0.25, -0.2) is 4.98 Å². The number of methoxy groups -OCH3 is 1. The lowest BCUT2D eigenvalue weighted by molar-refractivity contribution is 0.137. The fourth-order valence-electron chi connectivity index (χ4n) is 2.63. The molecule has 1 atom stereocenters. The molecule has 0 aromatic carbocycles. The minimum absolute atomic E-state index is 0.146. The molecule has 0 spiro atoms. The van der Waals surface area contributed by atoms with Crippen molar-refractivity contribution in [3.63, 3.8) is 0 Å². The third-order valence-corrected chi connectivity index (χ3v) is 5.15. The maximum atomic E-state index is 5.25. The van der Waals surface area contributed by atoms with Gasteiger partial charge in [0, 0.05) is 43.6 Å². The Morgan fingerprint density at radius 1 is 1.48 bits per heavy atom. The van der Waals surface area contributed by atoms with Crippen LogP contribution in [0.5, 0.6) is 0 Å². The average Bonchev–Trinajstić information content (AvgIpc) is 3.06. The van der Waals surface area contributed by atoms with Gasteiger partial charge in [0.1, 0.15) is 0 Å². The molecule has 1 fully saturated rings. The highest BCUT2D eigenvalue weighted by Crippen LogP contribution is 2.26. The van der Waals surface area contributed by atoms with Crippen molar-refractivity contribution in [3.8, 4) is 0 Å². The van der Waals surface area contributed by atoms with Crippen LogP contribution in [0, 0.1) is 0 Å². The number of ether oxygens (including phenoxy) is 1. The van der Waals surface area contributed by atoms with Gasteiger partial charge >= 0.3 is 0 Å². The van der Waals surface area contributed by atoms with Crippen LogP contribution >= 0.6 is 11.3 Å². The van der Waals surface area contributed by atoms with Gasteiger partial charge in [0.05, 0.1) is 17.3 Å². The van der Waals surface area contributed by atoms with Gasteiger partial charge in [0.2, 0.25) is 0 Å². The molecular formula is C16H29N3OS. The molecule has 1 unspecified atom stereocenters. The van der Waals surface area contributed by atoms with E-state index in [1.165, 1.54) is 23.5 Å². The van der Waals surface area contributed by atoms with Gasteiger partial charge in [0.25, 0.3) is 0 Å². The zero-order valence-electron chi connectivity index (χ0n) is 13.8. The number of rotatable bonds is 7. The molecule has 0 saturated carbocycles. The predicted molar refractivity (Wildman–Crippen MR) is 89.0 cm³/mol. The summed E-state index contributed by atoms with van der Waals surface area (Å²) in [5.41, 5.74) is 1.34. The smallest absolute Gasteiger partial charge is 0.0982 e. The maximum absolute atomic E-state index is 5.25. The minimum Gasteiger partial charge on any atom is -0.383 e. The second kappa shape index (κ2) is 7.68. The number of hydrogen-bond donors (Lipinski definition) is 1. The quantitative estimate of drug-likeness (QED) is 0.840. The molecule has 1 saturated heterocycles. The molecule has 0 aliphatic carbocycles. The second-order valence-corrected chi connectivity index (χ2v) is 7.77. The van der Waals surface area contributed by atoms with Crippen LogP contribution in [-0.4, -0.2) is 49.3 Å². The summed E-state index contributed by atoms with van der Waals surface area (Å²) < 4.78 is 5.25. The standard InChI is InChI=1S/C16H29N3OS/c1-16(2,3)15-18-14(12-21-15)11-19(8-9-20-4)10-13-6-5-7-17-13/h12-13,17H,5-11H2,1-4H3. The molecule has 2 rings (SSSR count). The van der Waals surface area contributed by atoms with E-state index in [-0.39, 0.29) is 5.41 Å². The van der Waals surface area contributed by atoms with Crippen LogP contribution in [0.15, 0.2) is 5.38 Å². The molecule has 5 heteroatoms. The lowest BCUT2D eigenvalue weighted by Gasteiger charge is -2.24. The van der Waals surface area contributed by atoms with Gasteiger partial charge in [-0.05, 0) is 19.4 Å². The first kappa shape index (κ1) is 16.9. The van der Waals surface area contributed by atoms with Crippen LogP contribution in [-0.2, 0) is 16.7 Å². The fraction of sp³-hybridized carbons (Fsp3) is 0.812. The van der Waals surface area contributed by atoms with Crippen molar-refractivity contribution in [2.45, 2.75) is 51.6 Å². The van der Waals surface area contributed by atoms with E-state index >= 15 is 0 Å². The van der Waals surface area contributed by atoms with Crippen LogP contribution in [0.4, 0.5) is 0 Å². The molecule has 1 aromatic heterocycles. The summed E-state index contributed by atoms with van der Waals surface area (Å²) in [6, 6.07) is 0.627. The monoisotopic (exact) mass is 311 g/mol. The average molecular weight is 311 g/mol. The topological polar surface area (TPSA) is 37.4 Å². The third kappa shape index (κ3) is 5.33. The first-order valence-electron chi connectivity index (χ1n) is 7.88. The van der Waals surface area contributed by atoms with Gasteiger partial charge < -0.3 is 10.1 Å². The summed E-state index contributed by atoms with van der Waals surface area (Å²) in [7, 11) is 1.77. The van der Waals surface area contributed by atoms with E-state index in [0.717, 1.165) is 32.8 Å². The lowest BCUT2D eigenvalue weighted by Crippen LogP contribution is -2.38. The van der Waals surface area contributed by atoms with Gasteiger partial charge in [0.15, 0.2) is 0 Å². The van der Waals surface area contributed by atoms with Crippen LogP contribution < -0.4 is 5.32 Å². The number of hydrogen-bond acceptors (Lipinski definition) is 5. The zero-order valence-corrected chi connectivity index (χ0v) is 14.6. The summed E-state index contributed by atoms with van der Waals surface area (Å²) in [4.78, 5) is 7.29. The van der Waals surface area contributed by atoms with Gasteiger partial charge in [-0.15, -0.1) is 11.3 Å². The minimum atomic E-state index is 0.146. The van der Waals surface area contributed by atoms with E-state index in [1.807, 2.05) is 0 Å². The lowest BCUT2D eigenvalue weighted by atomic mass is 9.98. The second-order valence-electron chi connectivity index (χ2n) is 6.92. The Morgan fingerprint density at radius 2 is 2.29 bits per heavy atom. The third-order valence-electron chi connectivity index (χ3n) is 3.83. The summed E-state index contributed by atoms with van der Waals surface area (Å²) in [6.07, 6.45) is 2.58. The molecule has 2 heterocycles. The van der Waals surface area contributed by atoms with Crippen molar-refractivity contribution in [3.05, 3.63) is 16.1 Å². The zero-order chi connectivity index (χ0) is 15.3. The Bertz CT molecular complexity index is 421. The predicted octanol–water partition coefficient (Wildman–Crippen LogP) is 2.64. The molecule has 4 nitrogen and oxygen atoms in total. The highest BCUT2D eigenvalue weighted by atomic mass is 32.1. The van der Waals surface area contributed by atoms with Crippen molar-refractivity contribution >= 4 is 11.3 Å². The summed E-state index contributed by atoms with van der Waals surface area (Å²) in [5.74, 6) is 0.